The van der Waals surface area contributed by atoms with Crippen LogP contribution in [0.5, 0.6) is 0 Å². The smallest absolute Gasteiger partial charge is 0.235 e. The van der Waals surface area contributed by atoms with E-state index in [-0.39, 0.29) is 5.92 Å². The molecule has 1 aliphatic carbocycles. The Morgan fingerprint density at radius 1 is 0.491 bits per heavy atom. The second-order valence-electron chi connectivity index (χ2n) is 14.7. The zero-order valence-corrected chi connectivity index (χ0v) is 31.1. The summed E-state index contributed by atoms with van der Waals surface area (Å²) in [6, 6.07) is 60.4. The van der Waals surface area contributed by atoms with Crippen LogP contribution in [0.2, 0.25) is 0 Å². The van der Waals surface area contributed by atoms with Crippen molar-refractivity contribution < 1.29 is 0 Å². The van der Waals surface area contributed by atoms with Gasteiger partial charge in [-0.2, -0.15) is 9.97 Å². The van der Waals surface area contributed by atoms with Gasteiger partial charge in [-0.25, -0.2) is 15.0 Å². The molecule has 0 radical (unpaired) electrons. The zero-order valence-electron chi connectivity index (χ0n) is 31.1. The van der Waals surface area contributed by atoms with Crippen LogP contribution in [0.4, 0.5) is 11.6 Å². The van der Waals surface area contributed by atoms with E-state index in [9.17, 15) is 0 Å². The lowest BCUT2D eigenvalue weighted by Crippen LogP contribution is -2.44. The van der Waals surface area contributed by atoms with E-state index in [1.807, 2.05) is 48.5 Å². The molecule has 270 valence electrons. The van der Waals surface area contributed by atoms with Gasteiger partial charge in [-0.1, -0.05) is 170 Å². The van der Waals surface area contributed by atoms with Gasteiger partial charge in [-0.15, -0.1) is 0 Å². The van der Waals surface area contributed by atoms with Crippen molar-refractivity contribution in [3.8, 4) is 51.2 Å². The van der Waals surface area contributed by atoms with E-state index in [0.29, 0.717) is 23.5 Å². The summed E-state index contributed by atoms with van der Waals surface area (Å²) in [5, 5.41) is 1.12. The van der Waals surface area contributed by atoms with Crippen LogP contribution in [0, 0.1) is 0 Å². The minimum atomic E-state index is -0.727. The van der Waals surface area contributed by atoms with E-state index in [0.717, 1.165) is 61.5 Å². The van der Waals surface area contributed by atoms with Crippen molar-refractivity contribution in [1.82, 2.24) is 29.5 Å². The van der Waals surface area contributed by atoms with E-state index in [1.54, 1.807) is 0 Å². The summed E-state index contributed by atoms with van der Waals surface area (Å²) in [6.45, 7) is 2.32. The Bertz CT molecular complexity index is 2860. The Hall–Kier alpha value is -7.51. The van der Waals surface area contributed by atoms with E-state index in [4.69, 9.17) is 24.9 Å². The molecule has 0 saturated heterocycles. The standard InChI is InChI=1S/C50H35N7/c1-50-40(39-27-15-17-29-44(39)57(50)49-54-46(35-22-10-4-11-23-35)53-47(55-49)36-24-12-5-13-25-36)31-30-38-37-26-14-16-28-43(37)56(45(38)50)48-51-41(33-18-6-2-7-19-33)32-42(52-48)34-20-8-3-9-21-34/h2-32,40H,1H3. The van der Waals surface area contributed by atoms with Crippen LogP contribution in [-0.2, 0) is 5.54 Å². The average molecular weight is 734 g/mol. The number of anilines is 2. The van der Waals surface area contributed by atoms with Crippen LogP contribution in [0.15, 0.2) is 182 Å². The first-order valence-corrected chi connectivity index (χ1v) is 19.2. The van der Waals surface area contributed by atoms with Gasteiger partial charge in [0.15, 0.2) is 11.6 Å². The number of benzene rings is 6. The fourth-order valence-corrected chi connectivity index (χ4v) is 8.78. The van der Waals surface area contributed by atoms with Crippen molar-refractivity contribution in [2.45, 2.75) is 18.4 Å². The molecule has 0 spiro atoms. The lowest BCUT2D eigenvalue weighted by atomic mass is 9.75. The minimum Gasteiger partial charge on any atom is -0.298 e. The number of aromatic nitrogens is 6. The van der Waals surface area contributed by atoms with Gasteiger partial charge in [0.1, 0.15) is 0 Å². The molecule has 7 heteroatoms. The first-order chi connectivity index (χ1) is 28.1. The Morgan fingerprint density at radius 2 is 1.00 bits per heavy atom. The Morgan fingerprint density at radius 3 is 1.60 bits per heavy atom. The van der Waals surface area contributed by atoms with Gasteiger partial charge in [0, 0.05) is 44.8 Å². The molecule has 11 rings (SSSR count). The molecular weight excluding hydrogens is 699 g/mol. The van der Waals surface area contributed by atoms with Crippen molar-refractivity contribution in [2.75, 3.05) is 4.90 Å². The molecule has 0 fully saturated rings. The Kier molecular flexibility index (Phi) is 7.54. The number of para-hydroxylation sites is 2. The van der Waals surface area contributed by atoms with Crippen LogP contribution in [0.1, 0.15) is 29.7 Å². The number of nitrogens with zero attached hydrogens (tertiary/aromatic N) is 7. The highest BCUT2D eigenvalue weighted by molar-refractivity contribution is 5.96. The fourth-order valence-electron chi connectivity index (χ4n) is 8.78. The number of fused-ring (bicyclic) bond motifs is 7. The molecule has 4 heterocycles. The molecular formula is C50H35N7. The van der Waals surface area contributed by atoms with Gasteiger partial charge < -0.3 is 0 Å². The van der Waals surface area contributed by atoms with Gasteiger partial charge in [0.25, 0.3) is 0 Å². The molecule has 2 unspecified atom stereocenters. The molecule has 57 heavy (non-hydrogen) atoms. The maximum Gasteiger partial charge on any atom is 0.235 e. The van der Waals surface area contributed by atoms with Crippen molar-refractivity contribution in [3.05, 3.63) is 199 Å². The molecule has 9 aromatic rings. The SMILES string of the molecule is CC12c3c(c4ccccc4n3-c3nc(-c4ccccc4)cc(-c4ccccc4)n3)C=CC1c1ccccc1N2c1nc(-c2ccccc2)nc(-c2ccccc2)n1. The number of hydrogen-bond donors (Lipinski definition) is 0. The van der Waals surface area contributed by atoms with Crippen molar-refractivity contribution in [2.24, 2.45) is 0 Å². The summed E-state index contributed by atoms with van der Waals surface area (Å²) < 4.78 is 2.29. The first-order valence-electron chi connectivity index (χ1n) is 19.2. The van der Waals surface area contributed by atoms with Gasteiger partial charge in [0.05, 0.1) is 28.1 Å². The van der Waals surface area contributed by atoms with Gasteiger partial charge >= 0.3 is 0 Å². The largest absolute Gasteiger partial charge is 0.298 e. The third-order valence-corrected chi connectivity index (χ3v) is 11.4. The molecule has 2 atom stereocenters. The zero-order chi connectivity index (χ0) is 37.9. The summed E-state index contributed by atoms with van der Waals surface area (Å²) in [4.78, 5) is 28.8. The van der Waals surface area contributed by atoms with Crippen molar-refractivity contribution in [3.63, 3.8) is 0 Å². The van der Waals surface area contributed by atoms with Crippen molar-refractivity contribution in [1.29, 1.82) is 0 Å². The molecule has 6 aromatic carbocycles. The summed E-state index contributed by atoms with van der Waals surface area (Å²) in [5.74, 6) is 2.35. The highest BCUT2D eigenvalue weighted by Crippen LogP contribution is 2.60. The van der Waals surface area contributed by atoms with Crippen LogP contribution in [0.3, 0.4) is 0 Å². The number of rotatable bonds is 6. The van der Waals surface area contributed by atoms with E-state index in [2.05, 4.69) is 156 Å². The van der Waals surface area contributed by atoms with Crippen LogP contribution < -0.4 is 4.90 Å². The maximum absolute atomic E-state index is 5.40. The van der Waals surface area contributed by atoms with Crippen LogP contribution >= 0.6 is 0 Å². The van der Waals surface area contributed by atoms with E-state index in [1.165, 1.54) is 5.56 Å². The molecule has 3 aromatic heterocycles. The Balaban J connectivity index is 1.21. The van der Waals surface area contributed by atoms with Gasteiger partial charge in [0.2, 0.25) is 11.9 Å². The predicted octanol–water partition coefficient (Wildman–Crippen LogP) is 11.5. The third-order valence-electron chi connectivity index (χ3n) is 11.4. The van der Waals surface area contributed by atoms with Crippen molar-refractivity contribution >= 4 is 28.6 Å². The average Bonchev–Trinajstić information content (AvgIpc) is 3.77. The Labute approximate surface area is 330 Å². The quantitative estimate of drug-likeness (QED) is 0.169. The third kappa shape index (κ3) is 5.24. The normalized spacial score (nSPS) is 16.6. The highest BCUT2D eigenvalue weighted by Gasteiger charge is 2.55. The molecule has 2 aliphatic rings. The highest BCUT2D eigenvalue weighted by atomic mass is 15.4. The first kappa shape index (κ1) is 32.9. The maximum atomic E-state index is 5.40. The van der Waals surface area contributed by atoms with Gasteiger partial charge in [-0.05, 0) is 30.7 Å². The van der Waals surface area contributed by atoms with E-state index >= 15 is 0 Å². The predicted molar refractivity (Wildman–Crippen MR) is 228 cm³/mol. The lowest BCUT2D eigenvalue weighted by Gasteiger charge is -2.42. The molecule has 0 saturated carbocycles. The monoisotopic (exact) mass is 733 g/mol. The van der Waals surface area contributed by atoms with Crippen LogP contribution in [-0.4, -0.2) is 29.5 Å². The molecule has 0 N–H and O–H groups in total. The summed E-state index contributed by atoms with van der Waals surface area (Å²) >= 11 is 0. The number of hydrogen-bond acceptors (Lipinski definition) is 6. The summed E-state index contributed by atoms with van der Waals surface area (Å²) in [6.07, 6.45) is 4.64. The second-order valence-corrected chi connectivity index (χ2v) is 14.7. The topological polar surface area (TPSA) is 72.6 Å². The molecule has 1 aliphatic heterocycles. The molecule has 0 bridgehead atoms. The lowest BCUT2D eigenvalue weighted by molar-refractivity contribution is 0.432. The fraction of sp³-hybridized carbons (Fsp3) is 0.0600. The minimum absolute atomic E-state index is 0.0488. The molecule has 0 amide bonds. The summed E-state index contributed by atoms with van der Waals surface area (Å²) in [7, 11) is 0. The summed E-state index contributed by atoms with van der Waals surface area (Å²) in [5.41, 5.74) is 10.3. The van der Waals surface area contributed by atoms with E-state index < -0.39 is 5.54 Å². The second kappa shape index (κ2) is 13.1. The molecule has 7 nitrogen and oxygen atoms in total. The van der Waals surface area contributed by atoms with Crippen LogP contribution in [0.25, 0.3) is 68.2 Å². The van der Waals surface area contributed by atoms with Gasteiger partial charge in [-0.3, -0.25) is 9.47 Å².